The Bertz CT molecular complexity index is 2310. The molecule has 0 radical (unpaired) electrons. The van der Waals surface area contributed by atoms with Crippen LogP contribution in [-0.2, 0) is 71.7 Å². The van der Waals surface area contributed by atoms with Crippen LogP contribution in [0.15, 0.2) is 121 Å². The summed E-state index contributed by atoms with van der Waals surface area (Å²) in [5.41, 5.74) is 0.153. The van der Waals surface area contributed by atoms with Crippen LogP contribution >= 0.6 is 11.6 Å². The minimum Gasteiger partial charge on any atom is -0.461 e. The standard InChI is InChI=1S/C53H63ClO12Si/c1-50(2,3)67(6,7)66-40-28-42-52(34-61-46(55)38-26-18-11-19-27-38)39(40)29-53(52,49(57)63-42)65-47-45(64-48(56)51(4,5)54)44(60-32-37-24-16-10-17-25-37)43(59-31-36-22-14-9-15-23-36)41(62-47)33-58-30-35-20-12-8-13-21-35/h8-27,39-45,47H,28-34H2,1-7H3/t39-,40+,41+,42+,43+,44-,45+,47-,52-,53-/m0/s1. The summed E-state index contributed by atoms with van der Waals surface area (Å²) in [5, 5.41) is -0.111. The highest BCUT2D eigenvalue weighted by molar-refractivity contribution is 6.74. The largest absolute Gasteiger partial charge is 0.461 e. The van der Waals surface area contributed by atoms with Gasteiger partial charge in [-0.25, -0.2) is 9.59 Å². The molecule has 0 unspecified atom stereocenters. The highest BCUT2D eigenvalue weighted by Crippen LogP contribution is 2.71. The van der Waals surface area contributed by atoms with Crippen LogP contribution in [0.3, 0.4) is 0 Å². The van der Waals surface area contributed by atoms with Crippen molar-refractivity contribution in [3.63, 3.8) is 0 Å². The van der Waals surface area contributed by atoms with Gasteiger partial charge in [0.05, 0.1) is 43.5 Å². The van der Waals surface area contributed by atoms with Gasteiger partial charge in [0.2, 0.25) is 0 Å². The minimum atomic E-state index is -2.36. The third-order valence-corrected chi connectivity index (χ3v) is 18.9. The van der Waals surface area contributed by atoms with Crippen LogP contribution in [0.25, 0.3) is 0 Å². The fourth-order valence-electron chi connectivity index (χ4n) is 9.59. The van der Waals surface area contributed by atoms with Crippen molar-refractivity contribution in [2.24, 2.45) is 11.3 Å². The third kappa shape index (κ3) is 10.2. The van der Waals surface area contributed by atoms with Crippen molar-refractivity contribution in [2.45, 2.75) is 139 Å². The van der Waals surface area contributed by atoms with Gasteiger partial charge in [-0.05, 0) is 67.2 Å². The summed E-state index contributed by atoms with van der Waals surface area (Å²) < 4.78 is 60.1. The fourth-order valence-corrected chi connectivity index (χ4v) is 11.0. The molecule has 0 amide bonds. The van der Waals surface area contributed by atoms with E-state index in [1.54, 1.807) is 24.3 Å². The quantitative estimate of drug-likeness (QED) is 0.0384. The Kier molecular flexibility index (Phi) is 14.5. The normalized spacial score (nSPS) is 29.1. The molecule has 12 nitrogen and oxygen atoms in total. The molecule has 2 saturated heterocycles. The Morgan fingerprint density at radius 3 is 1.84 bits per heavy atom. The molecule has 2 heterocycles. The lowest BCUT2D eigenvalue weighted by Crippen LogP contribution is -2.72. The van der Waals surface area contributed by atoms with Gasteiger partial charge in [-0.1, -0.05) is 130 Å². The van der Waals surface area contributed by atoms with Crippen molar-refractivity contribution in [1.29, 1.82) is 0 Å². The maximum absolute atomic E-state index is 14.7. The van der Waals surface area contributed by atoms with Crippen molar-refractivity contribution in [3.05, 3.63) is 144 Å². The molecule has 4 aromatic carbocycles. The first kappa shape index (κ1) is 49.0. The van der Waals surface area contributed by atoms with E-state index < -0.39 is 78.9 Å². The van der Waals surface area contributed by atoms with Gasteiger partial charge in [-0.3, -0.25) is 4.79 Å². The Morgan fingerprint density at radius 1 is 0.746 bits per heavy atom. The number of hydrogen-bond donors (Lipinski definition) is 0. The number of rotatable bonds is 19. The monoisotopic (exact) mass is 954 g/mol. The van der Waals surface area contributed by atoms with Crippen LogP contribution in [-0.4, -0.2) is 92.8 Å². The lowest BCUT2D eigenvalue weighted by atomic mass is 9.51. The molecule has 0 N–H and O–H groups in total. The van der Waals surface area contributed by atoms with Gasteiger partial charge in [0.1, 0.15) is 35.9 Å². The summed E-state index contributed by atoms with van der Waals surface area (Å²) in [4.78, 5) is 41.0. The van der Waals surface area contributed by atoms with E-state index in [0.29, 0.717) is 12.0 Å². The first-order chi connectivity index (χ1) is 31.9. The molecule has 0 bridgehead atoms. The molecule has 4 aromatic rings. The van der Waals surface area contributed by atoms with Gasteiger partial charge in [-0.15, -0.1) is 11.6 Å². The van der Waals surface area contributed by atoms with Gasteiger partial charge in [0.15, 0.2) is 26.3 Å². The summed E-state index contributed by atoms with van der Waals surface area (Å²) in [6.07, 6.45) is -6.13. The van der Waals surface area contributed by atoms with Gasteiger partial charge in [0.25, 0.3) is 0 Å². The minimum absolute atomic E-state index is 0.00598. The molecule has 4 aliphatic rings. The first-order valence-corrected chi connectivity index (χ1v) is 26.5. The highest BCUT2D eigenvalue weighted by Gasteiger charge is 2.85. The number of esters is 3. The summed E-state index contributed by atoms with van der Waals surface area (Å²) in [5.74, 6) is -2.24. The number of halogens is 1. The summed E-state index contributed by atoms with van der Waals surface area (Å²) in [6, 6.07) is 37.7. The Balaban J connectivity index is 1.19. The zero-order chi connectivity index (χ0) is 47.6. The van der Waals surface area contributed by atoms with Crippen LogP contribution in [0.2, 0.25) is 18.1 Å². The molecule has 358 valence electrons. The van der Waals surface area contributed by atoms with Crippen LogP contribution in [0.1, 0.15) is 74.5 Å². The van der Waals surface area contributed by atoms with Crippen molar-refractivity contribution in [2.75, 3.05) is 13.2 Å². The van der Waals surface area contributed by atoms with E-state index in [2.05, 4.69) is 33.9 Å². The van der Waals surface area contributed by atoms with Gasteiger partial charge >= 0.3 is 17.9 Å². The fraction of sp³-hybridized carbons (Fsp3) is 0.491. The zero-order valence-corrected chi connectivity index (χ0v) is 41.1. The second kappa shape index (κ2) is 19.9. The van der Waals surface area contributed by atoms with Crippen molar-refractivity contribution < 1.29 is 56.7 Å². The van der Waals surface area contributed by atoms with E-state index >= 15 is 0 Å². The van der Waals surface area contributed by atoms with Crippen molar-refractivity contribution in [1.82, 2.24) is 0 Å². The predicted octanol–water partition coefficient (Wildman–Crippen LogP) is 9.37. The average molecular weight is 956 g/mol. The average Bonchev–Trinajstić information content (AvgIpc) is 3.61. The van der Waals surface area contributed by atoms with E-state index in [9.17, 15) is 14.4 Å². The molecular formula is C53H63ClO12Si. The Hall–Kier alpha value is -4.44. The number of ether oxygens (including phenoxy) is 8. The number of alkyl halides is 1. The Labute approximate surface area is 399 Å². The van der Waals surface area contributed by atoms with E-state index in [1.807, 2.05) is 97.1 Å². The second-order valence-corrected chi connectivity index (χ2v) is 25.9. The lowest BCUT2D eigenvalue weighted by Gasteiger charge is -2.58. The van der Waals surface area contributed by atoms with Crippen molar-refractivity contribution >= 4 is 37.8 Å². The highest BCUT2D eigenvalue weighted by atomic mass is 35.5. The van der Waals surface area contributed by atoms with Gasteiger partial charge < -0.3 is 42.3 Å². The topological polar surface area (TPSA) is 134 Å². The van der Waals surface area contributed by atoms with E-state index in [1.165, 1.54) is 13.8 Å². The lowest BCUT2D eigenvalue weighted by molar-refractivity contribution is -0.365. The molecule has 2 aliphatic heterocycles. The predicted molar refractivity (Wildman–Crippen MR) is 252 cm³/mol. The van der Waals surface area contributed by atoms with Crippen LogP contribution in [0.4, 0.5) is 0 Å². The van der Waals surface area contributed by atoms with E-state index in [4.69, 9.17) is 53.9 Å². The molecule has 0 spiro atoms. The molecule has 2 saturated carbocycles. The zero-order valence-electron chi connectivity index (χ0n) is 39.4. The molecule has 14 heteroatoms. The van der Waals surface area contributed by atoms with Crippen LogP contribution < -0.4 is 0 Å². The van der Waals surface area contributed by atoms with Crippen LogP contribution in [0, 0.1) is 11.3 Å². The summed E-state index contributed by atoms with van der Waals surface area (Å²) in [6.45, 7) is 14.3. The van der Waals surface area contributed by atoms with E-state index in [-0.39, 0.29) is 56.5 Å². The smallest absolute Gasteiger partial charge is 0.339 e. The number of carbonyl (C=O) groups is 3. The maximum atomic E-state index is 14.7. The molecular weight excluding hydrogens is 892 g/mol. The molecule has 2 aliphatic carbocycles. The molecule has 67 heavy (non-hydrogen) atoms. The third-order valence-electron chi connectivity index (χ3n) is 14.3. The molecule has 8 rings (SSSR count). The Morgan fingerprint density at radius 2 is 1.28 bits per heavy atom. The van der Waals surface area contributed by atoms with Crippen molar-refractivity contribution in [3.8, 4) is 0 Å². The molecule has 10 atom stereocenters. The summed E-state index contributed by atoms with van der Waals surface area (Å²) in [7, 11) is -2.36. The maximum Gasteiger partial charge on any atom is 0.339 e. The molecule has 0 aromatic heterocycles. The number of hydrogen-bond acceptors (Lipinski definition) is 12. The number of benzene rings is 4. The first-order valence-electron chi connectivity index (χ1n) is 23.2. The summed E-state index contributed by atoms with van der Waals surface area (Å²) >= 11 is 6.67. The SMILES string of the molecule is CC(C)(Cl)C(=O)O[C@H]1[C@H](O[C@@]23C[C@H]4[C@H](O[Si](C)(C)C(C)(C)C)C[C@@H](OC2=O)[C@]43COC(=O)c2ccccc2)O[C@H](COCc2ccccc2)[C@@H](OCc2ccccc2)[C@@H]1OCc1ccccc1. The van der Waals surface area contributed by atoms with Gasteiger partial charge in [-0.2, -0.15) is 0 Å². The second-order valence-electron chi connectivity index (χ2n) is 20.2. The van der Waals surface area contributed by atoms with E-state index in [0.717, 1.165) is 16.7 Å². The number of carbonyl (C=O) groups excluding carboxylic acids is 3. The van der Waals surface area contributed by atoms with Gasteiger partial charge in [0, 0.05) is 12.3 Å². The van der Waals surface area contributed by atoms with Crippen LogP contribution in [0.5, 0.6) is 0 Å². The molecule has 4 fully saturated rings.